The van der Waals surface area contributed by atoms with Gasteiger partial charge in [-0.05, 0) is 18.2 Å². The summed E-state index contributed by atoms with van der Waals surface area (Å²) in [4.78, 5) is 8.86. The van der Waals surface area contributed by atoms with E-state index in [4.69, 9.17) is 13.7 Å². The van der Waals surface area contributed by atoms with E-state index in [0.29, 0.717) is 0 Å². The molecule has 1 aromatic carbocycles. The van der Waals surface area contributed by atoms with E-state index in [9.17, 15) is 25.3 Å². The summed E-state index contributed by atoms with van der Waals surface area (Å²) in [6, 6.07) is 4.39. The number of hydrogen-bond donors (Lipinski definition) is 4. The molecule has 0 fully saturated rings. The molecule has 1 heterocycles. The van der Waals surface area contributed by atoms with E-state index in [2.05, 4.69) is 20.3 Å². The van der Waals surface area contributed by atoms with E-state index >= 15 is 0 Å². The minimum absolute atomic E-state index is 0.0936. The van der Waals surface area contributed by atoms with Crippen LogP contribution in [0.25, 0.3) is 0 Å². The van der Waals surface area contributed by atoms with Crippen LogP contribution in [0.2, 0.25) is 0 Å². The second-order valence-corrected chi connectivity index (χ2v) is 8.35. The summed E-state index contributed by atoms with van der Waals surface area (Å²) < 4.78 is 93.3. The molecule has 0 unspecified atom stereocenters. The molecule has 16 heteroatoms. The second-order valence-electron chi connectivity index (χ2n) is 4.30. The lowest BCUT2D eigenvalue weighted by Crippen LogP contribution is -2.14. The number of nitrogens with one attached hydrogen (secondary N) is 1. The highest BCUT2D eigenvalue weighted by Gasteiger charge is 2.23. The van der Waals surface area contributed by atoms with E-state index < -0.39 is 51.5 Å². The molecular formula is C9H8N4O9S3. The van der Waals surface area contributed by atoms with Gasteiger partial charge in [0.1, 0.15) is 0 Å². The fourth-order valence-corrected chi connectivity index (χ4v) is 2.88. The number of hydrogen-bond acceptors (Lipinski definition) is 10. The summed E-state index contributed by atoms with van der Waals surface area (Å²) in [6.07, 6.45) is 0. The molecule has 136 valence electrons. The molecule has 0 atom stereocenters. The quantitative estimate of drug-likeness (QED) is 0.450. The number of benzene rings is 1. The third kappa shape index (κ3) is 4.87. The van der Waals surface area contributed by atoms with Crippen LogP contribution in [0.3, 0.4) is 0 Å². The molecule has 0 spiro atoms. The van der Waals surface area contributed by atoms with E-state index in [1.54, 1.807) is 0 Å². The van der Waals surface area contributed by atoms with Gasteiger partial charge < -0.3 is 5.32 Å². The van der Waals surface area contributed by atoms with Gasteiger partial charge in [-0.2, -0.15) is 40.2 Å². The van der Waals surface area contributed by atoms with Crippen LogP contribution in [0.4, 0.5) is 11.6 Å². The van der Waals surface area contributed by atoms with Crippen LogP contribution >= 0.6 is 0 Å². The van der Waals surface area contributed by atoms with E-state index in [1.165, 1.54) is 12.1 Å². The summed E-state index contributed by atoms with van der Waals surface area (Å²) in [6.45, 7) is 0. The molecule has 0 aliphatic heterocycles. The molecule has 13 nitrogen and oxygen atoms in total. The van der Waals surface area contributed by atoms with Crippen molar-refractivity contribution in [3.8, 4) is 0 Å². The zero-order chi connectivity index (χ0) is 19.0. The topological polar surface area (TPSA) is 214 Å². The first-order valence-electron chi connectivity index (χ1n) is 5.82. The van der Waals surface area contributed by atoms with Crippen molar-refractivity contribution in [2.75, 3.05) is 5.32 Å². The molecule has 1 aromatic heterocycles. The summed E-state index contributed by atoms with van der Waals surface area (Å²) in [5, 5.41) is -0.491. The van der Waals surface area contributed by atoms with Gasteiger partial charge in [-0.25, -0.2) is 0 Å². The van der Waals surface area contributed by atoms with Gasteiger partial charge in [-0.3, -0.25) is 13.7 Å². The SMILES string of the molecule is O=S(=O)(O)c1cccc(Nc2nc(S(=O)(=O)O)nc(S(=O)(=O)O)n2)c1. The van der Waals surface area contributed by atoms with Gasteiger partial charge in [-0.15, -0.1) is 0 Å². The molecule has 0 bridgehead atoms. The smallest absolute Gasteiger partial charge is 0.324 e. The van der Waals surface area contributed by atoms with Gasteiger partial charge in [0.25, 0.3) is 20.4 Å². The van der Waals surface area contributed by atoms with Crippen molar-refractivity contribution < 1.29 is 38.9 Å². The zero-order valence-corrected chi connectivity index (χ0v) is 14.1. The molecule has 2 rings (SSSR count). The Morgan fingerprint density at radius 1 is 0.760 bits per heavy atom. The predicted molar refractivity (Wildman–Crippen MR) is 79.0 cm³/mol. The minimum Gasteiger partial charge on any atom is -0.324 e. The normalized spacial score (nSPS) is 12.8. The number of rotatable bonds is 5. The first-order valence-corrected chi connectivity index (χ1v) is 10.1. The summed E-state index contributed by atoms with van der Waals surface area (Å²) in [5.41, 5.74) is -0.0936. The Morgan fingerprint density at radius 3 is 1.72 bits per heavy atom. The molecule has 0 aliphatic rings. The number of nitrogens with zero attached hydrogens (tertiary/aromatic N) is 3. The lowest BCUT2D eigenvalue weighted by molar-refractivity contribution is 0.461. The van der Waals surface area contributed by atoms with Gasteiger partial charge in [0, 0.05) is 5.69 Å². The van der Waals surface area contributed by atoms with Crippen LogP contribution in [-0.2, 0) is 30.4 Å². The summed E-state index contributed by atoms with van der Waals surface area (Å²) >= 11 is 0. The zero-order valence-electron chi connectivity index (χ0n) is 11.7. The monoisotopic (exact) mass is 412 g/mol. The highest BCUT2D eigenvalue weighted by molar-refractivity contribution is 7.86. The van der Waals surface area contributed by atoms with Crippen molar-refractivity contribution in [2.45, 2.75) is 15.2 Å². The van der Waals surface area contributed by atoms with Crippen LogP contribution in [0.5, 0.6) is 0 Å². The lowest BCUT2D eigenvalue weighted by Gasteiger charge is -2.07. The van der Waals surface area contributed by atoms with Crippen molar-refractivity contribution in [1.29, 1.82) is 0 Å². The van der Waals surface area contributed by atoms with Crippen LogP contribution in [-0.4, -0.2) is 53.9 Å². The second kappa shape index (κ2) is 6.24. The minimum atomic E-state index is -5.05. The van der Waals surface area contributed by atoms with E-state index in [1.807, 2.05) is 0 Å². The molecule has 0 saturated carbocycles. The van der Waals surface area contributed by atoms with Gasteiger partial charge in [0.2, 0.25) is 5.95 Å². The molecule has 4 N–H and O–H groups in total. The Balaban J connectivity index is 2.57. The average Bonchev–Trinajstić information content (AvgIpc) is 2.44. The average molecular weight is 412 g/mol. The molecular weight excluding hydrogens is 404 g/mol. The molecule has 0 amide bonds. The van der Waals surface area contributed by atoms with Gasteiger partial charge in [0.05, 0.1) is 4.90 Å². The van der Waals surface area contributed by atoms with Gasteiger partial charge in [0.15, 0.2) is 0 Å². The Kier molecular flexibility index (Phi) is 4.77. The van der Waals surface area contributed by atoms with Crippen LogP contribution in [0.1, 0.15) is 0 Å². The number of aromatic nitrogens is 3. The fourth-order valence-electron chi connectivity index (χ4n) is 1.49. The highest BCUT2D eigenvalue weighted by Crippen LogP contribution is 2.19. The highest BCUT2D eigenvalue weighted by atomic mass is 32.2. The van der Waals surface area contributed by atoms with Crippen LogP contribution in [0, 0.1) is 0 Å². The number of anilines is 2. The Labute approximate surface area is 141 Å². The molecule has 0 radical (unpaired) electrons. The Morgan fingerprint density at radius 2 is 1.28 bits per heavy atom. The maximum atomic E-state index is 11.1. The van der Waals surface area contributed by atoms with Crippen LogP contribution < -0.4 is 5.32 Å². The van der Waals surface area contributed by atoms with E-state index in [0.717, 1.165) is 12.1 Å². The summed E-state index contributed by atoms with van der Waals surface area (Å²) in [7, 11) is -14.6. The lowest BCUT2D eigenvalue weighted by atomic mass is 10.3. The first kappa shape index (κ1) is 19.1. The van der Waals surface area contributed by atoms with Gasteiger partial charge in [-0.1, -0.05) is 6.07 Å². The predicted octanol–water partition coefficient (Wildman–Crippen LogP) is -0.645. The van der Waals surface area contributed by atoms with Gasteiger partial charge >= 0.3 is 20.2 Å². The fraction of sp³-hybridized carbons (Fsp3) is 0. The van der Waals surface area contributed by atoms with Crippen molar-refractivity contribution in [2.24, 2.45) is 0 Å². The molecule has 2 aromatic rings. The summed E-state index contributed by atoms with van der Waals surface area (Å²) in [5.74, 6) is -0.747. The Bertz CT molecular complexity index is 1090. The van der Waals surface area contributed by atoms with Crippen molar-refractivity contribution in [1.82, 2.24) is 15.0 Å². The molecule has 25 heavy (non-hydrogen) atoms. The van der Waals surface area contributed by atoms with Crippen molar-refractivity contribution in [3.63, 3.8) is 0 Å². The Hall–Kier alpha value is -2.24. The van der Waals surface area contributed by atoms with Crippen LogP contribution in [0.15, 0.2) is 39.5 Å². The molecule has 0 aliphatic carbocycles. The third-order valence-corrected chi connectivity index (χ3v) is 4.58. The first-order chi connectivity index (χ1) is 11.3. The largest absolute Gasteiger partial charge is 0.330 e. The third-order valence-electron chi connectivity index (χ3n) is 2.44. The maximum Gasteiger partial charge on any atom is 0.330 e. The van der Waals surface area contributed by atoms with E-state index in [-0.39, 0.29) is 5.69 Å². The maximum absolute atomic E-state index is 11.1. The standard InChI is InChI=1S/C9H8N4O9S3/c14-23(15,16)6-3-1-2-5(4-6)10-7-11-8(24(17,18)19)13-9(12-7)25(20,21)22/h1-4H,(H,14,15,16)(H,17,18,19)(H,20,21,22)(H,10,11,12,13). The molecule has 0 saturated heterocycles. The van der Waals surface area contributed by atoms with Crippen molar-refractivity contribution >= 4 is 42.0 Å². The van der Waals surface area contributed by atoms with Crippen molar-refractivity contribution in [3.05, 3.63) is 24.3 Å².